The second-order valence-corrected chi connectivity index (χ2v) is 7.45. The van der Waals surface area contributed by atoms with Crippen molar-refractivity contribution in [3.8, 4) is 0 Å². The van der Waals surface area contributed by atoms with Crippen LogP contribution < -0.4 is 16.2 Å². The molecule has 1 amide bonds. The summed E-state index contributed by atoms with van der Waals surface area (Å²) in [6.45, 7) is 0. The number of nitro groups is 1. The Morgan fingerprint density at radius 2 is 1.78 bits per heavy atom. The Hall–Kier alpha value is -4.12. The van der Waals surface area contributed by atoms with Crippen LogP contribution in [0.3, 0.4) is 0 Å². The number of nitrogens with one attached hydrogen (secondary N) is 3. The van der Waals surface area contributed by atoms with Gasteiger partial charge in [0.15, 0.2) is 0 Å². The van der Waals surface area contributed by atoms with Gasteiger partial charge in [-0.15, -0.1) is 0 Å². The molecule has 32 heavy (non-hydrogen) atoms. The largest absolute Gasteiger partial charge is 0.355 e. The maximum atomic E-state index is 14.2. The van der Waals surface area contributed by atoms with E-state index >= 15 is 0 Å². The summed E-state index contributed by atoms with van der Waals surface area (Å²) in [6, 6.07) is 16.8. The third-order valence-corrected chi connectivity index (χ3v) is 5.01. The first-order chi connectivity index (χ1) is 15.4. The number of aromatic nitrogens is 2. The van der Waals surface area contributed by atoms with Gasteiger partial charge in [-0.05, 0) is 35.0 Å². The monoisotopic (exact) mass is 496 g/mol. The quantitative estimate of drug-likeness (QED) is 0.255. The molecule has 160 valence electrons. The van der Waals surface area contributed by atoms with Crippen LogP contribution in [0.5, 0.6) is 0 Å². The van der Waals surface area contributed by atoms with E-state index in [2.05, 4.69) is 42.1 Å². The fraction of sp³-hybridized carbons (Fsp3) is 0. The van der Waals surface area contributed by atoms with E-state index in [4.69, 9.17) is 0 Å². The van der Waals surface area contributed by atoms with E-state index in [0.717, 1.165) is 17.1 Å². The highest BCUT2D eigenvalue weighted by atomic mass is 79.9. The number of rotatable bonds is 6. The highest BCUT2D eigenvalue weighted by molar-refractivity contribution is 9.10. The maximum Gasteiger partial charge on any atom is 0.355 e. The topological polar surface area (TPSA) is 122 Å². The highest BCUT2D eigenvalue weighted by Crippen LogP contribution is 2.32. The minimum Gasteiger partial charge on any atom is -0.332 e. The van der Waals surface area contributed by atoms with E-state index in [1.807, 2.05) is 18.2 Å². The number of carbonyl (C=O) groups is 1. The molecule has 0 saturated heterocycles. The molecule has 0 atom stereocenters. The SMILES string of the molecule is O=C(NNc1ncnc(Nc2ccc(Br)cc2F)c1[N+](=O)[O-])c1cccc2ccccc12. The second-order valence-electron chi connectivity index (χ2n) is 6.53. The molecule has 0 aliphatic heterocycles. The molecule has 11 heteroatoms. The van der Waals surface area contributed by atoms with Gasteiger partial charge < -0.3 is 5.32 Å². The van der Waals surface area contributed by atoms with Crippen LogP contribution in [0.15, 0.2) is 71.5 Å². The molecule has 4 rings (SSSR count). The number of nitrogens with zero attached hydrogens (tertiary/aromatic N) is 3. The number of halogens is 2. The summed E-state index contributed by atoms with van der Waals surface area (Å²) in [5, 5.41) is 15.9. The van der Waals surface area contributed by atoms with Gasteiger partial charge in [0, 0.05) is 10.0 Å². The van der Waals surface area contributed by atoms with Gasteiger partial charge in [-0.2, -0.15) is 0 Å². The Labute approximate surface area is 188 Å². The minimum atomic E-state index is -0.731. The van der Waals surface area contributed by atoms with E-state index in [9.17, 15) is 19.3 Å². The fourth-order valence-corrected chi connectivity index (χ4v) is 3.39. The number of hydrogen-bond donors (Lipinski definition) is 3. The lowest BCUT2D eigenvalue weighted by atomic mass is 10.0. The number of amides is 1. The zero-order valence-electron chi connectivity index (χ0n) is 16.2. The Morgan fingerprint density at radius 1 is 1.03 bits per heavy atom. The second kappa shape index (κ2) is 8.94. The number of anilines is 3. The highest BCUT2D eigenvalue weighted by Gasteiger charge is 2.24. The van der Waals surface area contributed by atoms with E-state index in [1.54, 1.807) is 30.3 Å². The molecule has 1 heterocycles. The van der Waals surface area contributed by atoms with E-state index in [-0.39, 0.29) is 17.3 Å². The Bertz CT molecular complexity index is 1350. The van der Waals surface area contributed by atoms with Crippen molar-refractivity contribution < 1.29 is 14.1 Å². The number of fused-ring (bicyclic) bond motifs is 1. The van der Waals surface area contributed by atoms with Crippen molar-refractivity contribution in [3.05, 3.63) is 93.0 Å². The van der Waals surface area contributed by atoms with Crippen molar-refractivity contribution in [2.75, 3.05) is 10.7 Å². The van der Waals surface area contributed by atoms with E-state index < -0.39 is 22.3 Å². The van der Waals surface area contributed by atoms with Gasteiger partial charge in [-0.1, -0.05) is 52.3 Å². The molecule has 0 unspecified atom stereocenters. The molecule has 0 aliphatic carbocycles. The molecule has 0 radical (unpaired) electrons. The van der Waals surface area contributed by atoms with Crippen molar-refractivity contribution in [2.24, 2.45) is 0 Å². The van der Waals surface area contributed by atoms with Crippen LogP contribution in [0.25, 0.3) is 10.8 Å². The fourth-order valence-electron chi connectivity index (χ4n) is 3.06. The predicted molar refractivity (Wildman–Crippen MR) is 121 cm³/mol. The van der Waals surface area contributed by atoms with Crippen LogP contribution in [0.1, 0.15) is 10.4 Å². The van der Waals surface area contributed by atoms with Gasteiger partial charge in [-0.25, -0.2) is 14.4 Å². The zero-order chi connectivity index (χ0) is 22.7. The van der Waals surface area contributed by atoms with Crippen LogP contribution >= 0.6 is 15.9 Å². The number of hydrazine groups is 1. The molecule has 9 nitrogen and oxygen atoms in total. The van der Waals surface area contributed by atoms with Crippen molar-refractivity contribution in [1.29, 1.82) is 0 Å². The summed E-state index contributed by atoms with van der Waals surface area (Å²) in [6.07, 6.45) is 1.05. The smallest absolute Gasteiger partial charge is 0.332 e. The minimum absolute atomic E-state index is 0.0132. The Kier molecular flexibility index (Phi) is 5.90. The van der Waals surface area contributed by atoms with Gasteiger partial charge in [-0.3, -0.25) is 25.8 Å². The molecule has 0 spiro atoms. The zero-order valence-corrected chi connectivity index (χ0v) is 17.8. The van der Waals surface area contributed by atoms with Crippen LogP contribution in [-0.2, 0) is 0 Å². The summed E-state index contributed by atoms with van der Waals surface area (Å²) < 4.78 is 14.7. The summed E-state index contributed by atoms with van der Waals surface area (Å²) in [4.78, 5) is 31.4. The lowest BCUT2D eigenvalue weighted by molar-refractivity contribution is -0.383. The lowest BCUT2D eigenvalue weighted by Crippen LogP contribution is -2.30. The summed E-state index contributed by atoms with van der Waals surface area (Å²) in [5.74, 6) is -1.65. The third-order valence-electron chi connectivity index (χ3n) is 4.52. The van der Waals surface area contributed by atoms with Crippen molar-refractivity contribution in [3.63, 3.8) is 0 Å². The van der Waals surface area contributed by atoms with Gasteiger partial charge in [0.05, 0.1) is 10.6 Å². The van der Waals surface area contributed by atoms with Gasteiger partial charge in [0.25, 0.3) is 5.91 Å². The number of carbonyl (C=O) groups excluding carboxylic acids is 1. The first-order valence-electron chi connectivity index (χ1n) is 9.19. The van der Waals surface area contributed by atoms with Gasteiger partial charge in [0.2, 0.25) is 11.6 Å². The van der Waals surface area contributed by atoms with Gasteiger partial charge in [0.1, 0.15) is 12.1 Å². The van der Waals surface area contributed by atoms with Crippen LogP contribution in [-0.4, -0.2) is 20.8 Å². The van der Waals surface area contributed by atoms with Crippen molar-refractivity contribution in [1.82, 2.24) is 15.4 Å². The first kappa shape index (κ1) is 21.1. The lowest BCUT2D eigenvalue weighted by Gasteiger charge is -2.12. The molecule has 3 N–H and O–H groups in total. The Morgan fingerprint density at radius 3 is 2.56 bits per heavy atom. The molecular formula is C21H14BrFN6O3. The molecule has 4 aromatic rings. The average molecular weight is 497 g/mol. The summed E-state index contributed by atoms with van der Waals surface area (Å²) >= 11 is 3.15. The average Bonchev–Trinajstić information content (AvgIpc) is 2.78. The first-order valence-corrected chi connectivity index (χ1v) is 9.99. The predicted octanol–water partition coefficient (Wildman–Crippen LogP) is 4.94. The van der Waals surface area contributed by atoms with Gasteiger partial charge >= 0.3 is 5.69 Å². The van der Waals surface area contributed by atoms with Crippen LogP contribution in [0.2, 0.25) is 0 Å². The molecule has 0 saturated carbocycles. The van der Waals surface area contributed by atoms with Crippen LogP contribution in [0.4, 0.5) is 27.4 Å². The normalized spacial score (nSPS) is 10.6. The van der Waals surface area contributed by atoms with E-state index in [1.165, 1.54) is 12.1 Å². The third kappa shape index (κ3) is 4.32. The molecular weight excluding hydrogens is 483 g/mol. The van der Waals surface area contributed by atoms with E-state index in [0.29, 0.717) is 10.0 Å². The maximum absolute atomic E-state index is 14.2. The molecule has 0 fully saturated rings. The molecule has 3 aromatic carbocycles. The molecule has 1 aromatic heterocycles. The van der Waals surface area contributed by atoms with Crippen LogP contribution in [0, 0.1) is 15.9 Å². The van der Waals surface area contributed by atoms with Crippen molar-refractivity contribution >= 4 is 55.6 Å². The summed E-state index contributed by atoms with van der Waals surface area (Å²) in [7, 11) is 0. The molecule has 0 bridgehead atoms. The number of hydrogen-bond acceptors (Lipinski definition) is 7. The van der Waals surface area contributed by atoms with Crippen molar-refractivity contribution in [2.45, 2.75) is 0 Å². The molecule has 0 aliphatic rings. The summed E-state index contributed by atoms with van der Waals surface area (Å²) in [5.41, 5.74) is 4.70. The number of benzene rings is 3. The standard InChI is InChI=1S/C21H14BrFN6O3/c22-13-8-9-17(16(23)10-13)26-19-18(29(31)32)20(25-11-24-19)27-28-21(30)15-7-3-5-12-4-1-2-6-14(12)15/h1-11H,(H,28,30)(H2,24,25,26,27). The Balaban J connectivity index is 1.60.